The van der Waals surface area contributed by atoms with Crippen molar-refractivity contribution in [3.05, 3.63) is 39.8 Å². The Labute approximate surface area is 119 Å². The molecule has 6 nitrogen and oxygen atoms in total. The normalized spacial score (nSPS) is 10.1. The SMILES string of the molecule is COc1ccc(NC(=O)c2nc(C(=O)O)cs2)cc1C. The summed E-state index contributed by atoms with van der Waals surface area (Å²) in [7, 11) is 1.57. The fourth-order valence-electron chi connectivity index (χ4n) is 1.62. The molecule has 0 fully saturated rings. The number of benzene rings is 1. The maximum absolute atomic E-state index is 11.9. The quantitative estimate of drug-likeness (QED) is 0.903. The zero-order valence-electron chi connectivity index (χ0n) is 10.8. The Morgan fingerprint density at radius 1 is 1.40 bits per heavy atom. The van der Waals surface area contributed by atoms with E-state index in [9.17, 15) is 9.59 Å². The van der Waals surface area contributed by atoms with E-state index in [0.29, 0.717) is 5.69 Å². The molecule has 0 bridgehead atoms. The van der Waals surface area contributed by atoms with Gasteiger partial charge < -0.3 is 15.2 Å². The molecule has 1 heterocycles. The predicted molar refractivity (Wildman–Crippen MR) is 74.8 cm³/mol. The van der Waals surface area contributed by atoms with Crippen molar-refractivity contribution in [1.29, 1.82) is 0 Å². The zero-order valence-corrected chi connectivity index (χ0v) is 11.7. The van der Waals surface area contributed by atoms with Crippen molar-refractivity contribution in [2.75, 3.05) is 12.4 Å². The van der Waals surface area contributed by atoms with Gasteiger partial charge in [-0.25, -0.2) is 9.78 Å². The molecular formula is C13H12N2O4S. The number of nitrogens with zero attached hydrogens (tertiary/aromatic N) is 1. The molecule has 0 radical (unpaired) electrons. The number of aryl methyl sites for hydroxylation is 1. The molecule has 1 aromatic carbocycles. The number of aromatic carboxylic acids is 1. The fraction of sp³-hybridized carbons (Fsp3) is 0.154. The molecule has 2 rings (SSSR count). The van der Waals surface area contributed by atoms with Gasteiger partial charge in [0.2, 0.25) is 0 Å². The summed E-state index contributed by atoms with van der Waals surface area (Å²) in [6.07, 6.45) is 0. The lowest BCUT2D eigenvalue weighted by Crippen LogP contribution is -2.12. The Morgan fingerprint density at radius 3 is 2.70 bits per heavy atom. The summed E-state index contributed by atoms with van der Waals surface area (Å²) < 4.78 is 5.13. The van der Waals surface area contributed by atoms with Crippen LogP contribution in [0.15, 0.2) is 23.6 Å². The first kappa shape index (κ1) is 14.0. The molecule has 0 aliphatic heterocycles. The van der Waals surface area contributed by atoms with Gasteiger partial charge in [0, 0.05) is 11.1 Å². The topological polar surface area (TPSA) is 88.5 Å². The minimum atomic E-state index is -1.15. The first-order valence-electron chi connectivity index (χ1n) is 5.66. The van der Waals surface area contributed by atoms with Gasteiger partial charge in [0.15, 0.2) is 10.7 Å². The number of methoxy groups -OCH3 is 1. The van der Waals surface area contributed by atoms with E-state index < -0.39 is 11.9 Å². The second-order valence-corrected chi connectivity index (χ2v) is 4.84. The smallest absolute Gasteiger partial charge is 0.355 e. The number of anilines is 1. The fourth-order valence-corrected chi connectivity index (χ4v) is 2.30. The third-order valence-corrected chi connectivity index (χ3v) is 3.41. The summed E-state index contributed by atoms with van der Waals surface area (Å²) in [5, 5.41) is 12.9. The molecule has 0 unspecified atom stereocenters. The number of nitrogens with one attached hydrogen (secondary N) is 1. The molecule has 2 aromatic rings. The monoisotopic (exact) mass is 292 g/mol. The van der Waals surface area contributed by atoms with Crippen LogP contribution in [-0.4, -0.2) is 29.1 Å². The number of amides is 1. The molecule has 104 valence electrons. The van der Waals surface area contributed by atoms with Crippen LogP contribution < -0.4 is 10.1 Å². The van der Waals surface area contributed by atoms with E-state index in [-0.39, 0.29) is 10.7 Å². The maximum atomic E-state index is 11.9. The summed E-state index contributed by atoms with van der Waals surface area (Å²) in [5.74, 6) is -0.863. The van der Waals surface area contributed by atoms with Gasteiger partial charge in [0.25, 0.3) is 5.91 Å². The van der Waals surface area contributed by atoms with Crippen LogP contribution in [0.2, 0.25) is 0 Å². The van der Waals surface area contributed by atoms with E-state index in [4.69, 9.17) is 9.84 Å². The standard InChI is InChI=1S/C13H12N2O4S/c1-7-5-8(3-4-10(7)19-2)14-11(16)12-15-9(6-20-12)13(17)18/h3-6H,1-2H3,(H,14,16)(H,17,18). The molecule has 7 heteroatoms. The Bertz CT molecular complexity index is 666. The lowest BCUT2D eigenvalue weighted by Gasteiger charge is -2.07. The Hall–Kier alpha value is -2.41. The highest BCUT2D eigenvalue weighted by Crippen LogP contribution is 2.22. The summed E-state index contributed by atoms with van der Waals surface area (Å²) in [5.41, 5.74) is 1.35. The largest absolute Gasteiger partial charge is 0.496 e. The molecule has 1 aromatic heterocycles. The second kappa shape index (κ2) is 5.70. The van der Waals surface area contributed by atoms with Crippen LogP contribution in [0.3, 0.4) is 0 Å². The third kappa shape index (κ3) is 2.94. The van der Waals surface area contributed by atoms with Crippen LogP contribution in [0.5, 0.6) is 5.75 Å². The van der Waals surface area contributed by atoms with E-state index in [1.807, 2.05) is 6.92 Å². The molecule has 20 heavy (non-hydrogen) atoms. The van der Waals surface area contributed by atoms with Gasteiger partial charge in [0.05, 0.1) is 7.11 Å². The molecule has 2 N–H and O–H groups in total. The molecule has 0 spiro atoms. The van der Waals surface area contributed by atoms with Crippen molar-refractivity contribution in [2.45, 2.75) is 6.92 Å². The minimum Gasteiger partial charge on any atom is -0.496 e. The maximum Gasteiger partial charge on any atom is 0.355 e. The number of hydrogen-bond donors (Lipinski definition) is 2. The lowest BCUT2D eigenvalue weighted by molar-refractivity contribution is 0.0691. The number of rotatable bonds is 4. The van der Waals surface area contributed by atoms with Gasteiger partial charge in [-0.05, 0) is 30.7 Å². The van der Waals surface area contributed by atoms with E-state index in [0.717, 1.165) is 22.6 Å². The molecule has 0 saturated heterocycles. The van der Waals surface area contributed by atoms with Crippen molar-refractivity contribution in [3.63, 3.8) is 0 Å². The molecule has 0 aliphatic carbocycles. The van der Waals surface area contributed by atoms with Gasteiger partial charge in [-0.2, -0.15) is 0 Å². The Balaban J connectivity index is 2.14. The predicted octanol–water partition coefficient (Wildman–Crippen LogP) is 2.41. The van der Waals surface area contributed by atoms with Crippen molar-refractivity contribution < 1.29 is 19.4 Å². The van der Waals surface area contributed by atoms with Crippen LogP contribution in [0.4, 0.5) is 5.69 Å². The van der Waals surface area contributed by atoms with E-state index in [1.54, 1.807) is 25.3 Å². The number of thiazole rings is 1. The van der Waals surface area contributed by atoms with Crippen molar-refractivity contribution in [2.24, 2.45) is 0 Å². The summed E-state index contributed by atoms with van der Waals surface area (Å²) >= 11 is 0.988. The highest BCUT2D eigenvalue weighted by molar-refractivity contribution is 7.12. The highest BCUT2D eigenvalue weighted by Gasteiger charge is 2.15. The highest BCUT2D eigenvalue weighted by atomic mass is 32.1. The molecule has 0 saturated carbocycles. The van der Waals surface area contributed by atoms with Gasteiger partial charge in [0.1, 0.15) is 5.75 Å². The number of carbonyl (C=O) groups is 2. The van der Waals surface area contributed by atoms with E-state index in [2.05, 4.69) is 10.3 Å². The average Bonchev–Trinajstić information content (AvgIpc) is 2.88. The summed E-state index contributed by atoms with van der Waals surface area (Å²) in [6.45, 7) is 1.86. The summed E-state index contributed by atoms with van der Waals surface area (Å²) in [6, 6.07) is 5.22. The Morgan fingerprint density at radius 2 is 2.15 bits per heavy atom. The van der Waals surface area contributed by atoms with Gasteiger partial charge in [-0.15, -0.1) is 11.3 Å². The Kier molecular flexibility index (Phi) is 3.99. The summed E-state index contributed by atoms with van der Waals surface area (Å²) in [4.78, 5) is 26.4. The first-order valence-corrected chi connectivity index (χ1v) is 6.54. The van der Waals surface area contributed by atoms with Crippen LogP contribution in [0.1, 0.15) is 25.9 Å². The molecule has 1 amide bonds. The number of hydrogen-bond acceptors (Lipinski definition) is 5. The minimum absolute atomic E-state index is 0.107. The van der Waals surface area contributed by atoms with Crippen LogP contribution in [0, 0.1) is 6.92 Å². The van der Waals surface area contributed by atoms with Crippen LogP contribution >= 0.6 is 11.3 Å². The van der Waals surface area contributed by atoms with Crippen molar-refractivity contribution in [3.8, 4) is 5.75 Å². The zero-order chi connectivity index (χ0) is 14.7. The van der Waals surface area contributed by atoms with Crippen LogP contribution in [-0.2, 0) is 0 Å². The number of carbonyl (C=O) groups excluding carboxylic acids is 1. The number of ether oxygens (including phenoxy) is 1. The van der Waals surface area contributed by atoms with Gasteiger partial charge in [-0.1, -0.05) is 0 Å². The van der Waals surface area contributed by atoms with Crippen LogP contribution in [0.25, 0.3) is 0 Å². The molecule has 0 atom stereocenters. The van der Waals surface area contributed by atoms with Crippen molar-refractivity contribution in [1.82, 2.24) is 4.98 Å². The molecule has 0 aliphatic rings. The van der Waals surface area contributed by atoms with Gasteiger partial charge >= 0.3 is 5.97 Å². The lowest BCUT2D eigenvalue weighted by atomic mass is 10.2. The first-order chi connectivity index (χ1) is 9.51. The molecular weight excluding hydrogens is 280 g/mol. The number of carboxylic acids is 1. The van der Waals surface area contributed by atoms with Crippen molar-refractivity contribution >= 4 is 28.9 Å². The van der Waals surface area contributed by atoms with E-state index >= 15 is 0 Å². The number of aromatic nitrogens is 1. The second-order valence-electron chi connectivity index (χ2n) is 3.98. The average molecular weight is 292 g/mol. The third-order valence-electron chi connectivity index (χ3n) is 2.57. The number of carboxylic acid groups (broad SMARTS) is 1. The van der Waals surface area contributed by atoms with E-state index in [1.165, 1.54) is 5.38 Å². The van der Waals surface area contributed by atoms with Gasteiger partial charge in [-0.3, -0.25) is 4.79 Å².